The number of rotatable bonds is 2. The van der Waals surface area contributed by atoms with Gasteiger partial charge in [0.25, 0.3) is 0 Å². The lowest BCUT2D eigenvalue weighted by Crippen LogP contribution is -2.00. The van der Waals surface area contributed by atoms with Crippen molar-refractivity contribution in [2.75, 3.05) is 0 Å². The van der Waals surface area contributed by atoms with E-state index in [-0.39, 0.29) is 11.8 Å². The molecule has 0 saturated heterocycles. The molecule has 6 heteroatoms. The summed E-state index contributed by atoms with van der Waals surface area (Å²) in [5.74, 6) is 0. The summed E-state index contributed by atoms with van der Waals surface area (Å²) in [7, 11) is 0. The molecule has 0 aliphatic rings. The van der Waals surface area contributed by atoms with Crippen molar-refractivity contribution in [3.8, 4) is 11.3 Å². The highest BCUT2D eigenvalue weighted by atomic mass is 35.5. The summed E-state index contributed by atoms with van der Waals surface area (Å²) in [4.78, 5) is 8.41. The van der Waals surface area contributed by atoms with E-state index in [1.165, 1.54) is 0 Å². The van der Waals surface area contributed by atoms with Crippen molar-refractivity contribution in [1.29, 1.82) is 0 Å². The van der Waals surface area contributed by atoms with E-state index in [4.69, 9.17) is 39.9 Å². The van der Waals surface area contributed by atoms with Crippen molar-refractivity contribution < 1.29 is 5.11 Å². The van der Waals surface area contributed by atoms with E-state index in [1.807, 2.05) is 0 Å². The molecule has 2 rings (SSSR count). The molecule has 0 radical (unpaired) electrons. The molecule has 2 aromatic rings. The SMILES string of the molecule is Cc1nc(Cl)c(CO)nc1-c1cccc(Cl)c1Cl. The Morgan fingerprint density at radius 2 is 1.89 bits per heavy atom. The maximum absolute atomic E-state index is 9.16. The molecule has 1 aromatic heterocycles. The first kappa shape index (κ1) is 13.6. The van der Waals surface area contributed by atoms with Crippen LogP contribution in [0.3, 0.4) is 0 Å². The average Bonchev–Trinajstić information content (AvgIpc) is 2.34. The number of aliphatic hydroxyl groups excluding tert-OH is 1. The summed E-state index contributed by atoms with van der Waals surface area (Å²) in [5, 5.41) is 10.2. The van der Waals surface area contributed by atoms with Gasteiger partial charge in [-0.25, -0.2) is 9.97 Å². The maximum Gasteiger partial charge on any atom is 0.153 e. The van der Waals surface area contributed by atoms with E-state index in [9.17, 15) is 0 Å². The van der Waals surface area contributed by atoms with E-state index < -0.39 is 0 Å². The van der Waals surface area contributed by atoms with Gasteiger partial charge in [-0.15, -0.1) is 0 Å². The van der Waals surface area contributed by atoms with Crippen LogP contribution in [0, 0.1) is 6.92 Å². The van der Waals surface area contributed by atoms with Crippen LogP contribution < -0.4 is 0 Å². The van der Waals surface area contributed by atoms with Crippen molar-refractivity contribution in [2.45, 2.75) is 13.5 Å². The second-order valence-corrected chi connectivity index (χ2v) is 4.80. The van der Waals surface area contributed by atoms with Gasteiger partial charge in [-0.2, -0.15) is 0 Å². The minimum absolute atomic E-state index is 0.192. The van der Waals surface area contributed by atoms with Crippen LogP contribution in [0.5, 0.6) is 0 Å². The van der Waals surface area contributed by atoms with Gasteiger partial charge in [0.1, 0.15) is 5.69 Å². The van der Waals surface area contributed by atoms with Gasteiger partial charge in [-0.3, -0.25) is 0 Å². The molecule has 18 heavy (non-hydrogen) atoms. The van der Waals surface area contributed by atoms with Gasteiger partial charge in [-0.1, -0.05) is 46.9 Å². The first-order valence-corrected chi connectivity index (χ1v) is 6.26. The lowest BCUT2D eigenvalue weighted by Gasteiger charge is -2.10. The van der Waals surface area contributed by atoms with E-state index in [2.05, 4.69) is 9.97 Å². The van der Waals surface area contributed by atoms with Gasteiger partial charge in [0, 0.05) is 5.56 Å². The lowest BCUT2D eigenvalue weighted by molar-refractivity contribution is 0.276. The molecule has 0 amide bonds. The summed E-state index contributed by atoms with van der Waals surface area (Å²) in [5.41, 5.74) is 2.17. The lowest BCUT2D eigenvalue weighted by atomic mass is 10.1. The molecule has 1 heterocycles. The van der Waals surface area contributed by atoms with Crippen molar-refractivity contribution in [3.63, 3.8) is 0 Å². The first-order valence-electron chi connectivity index (χ1n) is 5.13. The van der Waals surface area contributed by atoms with Crippen LogP contribution in [0.25, 0.3) is 11.3 Å². The van der Waals surface area contributed by atoms with Gasteiger partial charge >= 0.3 is 0 Å². The zero-order valence-corrected chi connectivity index (χ0v) is 11.7. The monoisotopic (exact) mass is 302 g/mol. The van der Waals surface area contributed by atoms with Crippen molar-refractivity contribution in [2.24, 2.45) is 0 Å². The minimum Gasteiger partial charge on any atom is -0.390 e. The predicted molar refractivity (Wildman–Crippen MR) is 73.2 cm³/mol. The fourth-order valence-electron chi connectivity index (χ4n) is 1.57. The zero-order valence-electron chi connectivity index (χ0n) is 9.41. The van der Waals surface area contributed by atoms with Crippen LogP contribution in [0.2, 0.25) is 15.2 Å². The second kappa shape index (κ2) is 5.41. The van der Waals surface area contributed by atoms with Crippen LogP contribution in [-0.4, -0.2) is 15.1 Å². The fourth-order valence-corrected chi connectivity index (χ4v) is 2.19. The molecule has 0 saturated carbocycles. The molecule has 0 unspecified atom stereocenters. The number of hydrogen-bond acceptors (Lipinski definition) is 3. The molecule has 0 aliphatic heterocycles. The van der Waals surface area contributed by atoms with Gasteiger partial charge in [0.15, 0.2) is 5.15 Å². The van der Waals surface area contributed by atoms with Crippen LogP contribution in [0.15, 0.2) is 18.2 Å². The van der Waals surface area contributed by atoms with Gasteiger partial charge < -0.3 is 5.11 Å². The van der Waals surface area contributed by atoms with E-state index in [1.54, 1.807) is 25.1 Å². The third-order valence-corrected chi connectivity index (χ3v) is 3.57. The third kappa shape index (κ3) is 2.45. The normalized spacial score (nSPS) is 10.7. The Balaban J connectivity index is 2.67. The molecular formula is C12H9Cl3N2O. The Hall–Kier alpha value is -0.870. The summed E-state index contributed by atoms with van der Waals surface area (Å²) < 4.78 is 0. The quantitative estimate of drug-likeness (QED) is 0.915. The van der Waals surface area contributed by atoms with Crippen LogP contribution in [-0.2, 0) is 6.61 Å². The first-order chi connectivity index (χ1) is 8.54. The number of nitrogens with zero attached hydrogens (tertiary/aromatic N) is 2. The van der Waals surface area contributed by atoms with Crippen molar-refractivity contribution in [3.05, 3.63) is 44.8 Å². The molecule has 0 spiro atoms. The van der Waals surface area contributed by atoms with Gasteiger partial charge in [0.05, 0.1) is 28.0 Å². The summed E-state index contributed by atoms with van der Waals surface area (Å²) in [6.07, 6.45) is 0. The Bertz CT molecular complexity index is 602. The number of halogens is 3. The molecule has 0 aliphatic carbocycles. The van der Waals surface area contributed by atoms with Crippen LogP contribution in [0.4, 0.5) is 0 Å². The number of aromatic nitrogens is 2. The molecule has 94 valence electrons. The fraction of sp³-hybridized carbons (Fsp3) is 0.167. The number of benzene rings is 1. The van der Waals surface area contributed by atoms with Gasteiger partial charge in [-0.05, 0) is 13.0 Å². The number of aryl methyl sites for hydroxylation is 1. The maximum atomic E-state index is 9.16. The van der Waals surface area contributed by atoms with E-state index in [0.717, 1.165) is 0 Å². The molecule has 1 aromatic carbocycles. The van der Waals surface area contributed by atoms with Crippen LogP contribution >= 0.6 is 34.8 Å². The molecule has 0 bridgehead atoms. The number of aliphatic hydroxyl groups is 1. The van der Waals surface area contributed by atoms with E-state index in [0.29, 0.717) is 32.7 Å². The standard InChI is InChI=1S/C12H9Cl3N2O/c1-6-11(17-9(5-18)12(15)16-6)7-3-2-4-8(13)10(7)14/h2-4,18H,5H2,1H3. The Kier molecular flexibility index (Phi) is 4.07. The highest BCUT2D eigenvalue weighted by molar-refractivity contribution is 6.43. The molecule has 1 N–H and O–H groups in total. The second-order valence-electron chi connectivity index (χ2n) is 3.65. The Morgan fingerprint density at radius 1 is 1.17 bits per heavy atom. The van der Waals surface area contributed by atoms with E-state index >= 15 is 0 Å². The zero-order chi connectivity index (χ0) is 13.3. The minimum atomic E-state index is -0.280. The van der Waals surface area contributed by atoms with Gasteiger partial charge in [0.2, 0.25) is 0 Å². The highest BCUT2D eigenvalue weighted by Gasteiger charge is 2.14. The summed E-state index contributed by atoms with van der Waals surface area (Å²) in [6.45, 7) is 1.49. The Labute approximate surface area is 119 Å². The topological polar surface area (TPSA) is 46.0 Å². The summed E-state index contributed by atoms with van der Waals surface area (Å²) in [6, 6.07) is 5.26. The molecular weight excluding hydrogens is 295 g/mol. The molecule has 0 fully saturated rings. The van der Waals surface area contributed by atoms with Crippen molar-refractivity contribution >= 4 is 34.8 Å². The van der Waals surface area contributed by atoms with Crippen molar-refractivity contribution in [1.82, 2.24) is 9.97 Å². The number of hydrogen-bond donors (Lipinski definition) is 1. The largest absolute Gasteiger partial charge is 0.390 e. The third-order valence-electron chi connectivity index (χ3n) is 2.45. The Morgan fingerprint density at radius 3 is 2.56 bits per heavy atom. The van der Waals surface area contributed by atoms with Crippen LogP contribution in [0.1, 0.15) is 11.4 Å². The summed E-state index contributed by atoms with van der Waals surface area (Å²) >= 11 is 18.0. The molecule has 3 nitrogen and oxygen atoms in total. The smallest absolute Gasteiger partial charge is 0.153 e. The molecule has 0 atom stereocenters. The predicted octanol–water partition coefficient (Wildman–Crippen LogP) is 3.90. The average molecular weight is 304 g/mol. The highest BCUT2D eigenvalue weighted by Crippen LogP contribution is 2.34.